The van der Waals surface area contributed by atoms with Gasteiger partial charge in [-0.05, 0) is 93.5 Å². The summed E-state index contributed by atoms with van der Waals surface area (Å²) in [6.45, 7) is 15.1. The first-order valence-corrected chi connectivity index (χ1v) is 25.7. The number of methoxy groups -OCH3 is 1. The van der Waals surface area contributed by atoms with Gasteiger partial charge in [-0.25, -0.2) is 9.67 Å². The number of ether oxygens (including phenoxy) is 2. The van der Waals surface area contributed by atoms with Gasteiger partial charge in [-0.2, -0.15) is 4.98 Å². The van der Waals surface area contributed by atoms with Crippen molar-refractivity contribution in [2.75, 3.05) is 88.4 Å². The van der Waals surface area contributed by atoms with Gasteiger partial charge in [0.05, 0.1) is 36.6 Å². The monoisotopic (exact) mass is 930 g/mol. The Morgan fingerprint density at radius 2 is 1.70 bits per heavy atom. The molecule has 3 fully saturated rings. The van der Waals surface area contributed by atoms with E-state index in [1.807, 2.05) is 43.3 Å². The summed E-state index contributed by atoms with van der Waals surface area (Å²) < 4.78 is 27.0. The van der Waals surface area contributed by atoms with Crippen LogP contribution in [0.2, 0.25) is 0 Å². The molecule has 67 heavy (non-hydrogen) atoms. The van der Waals surface area contributed by atoms with Crippen molar-refractivity contribution in [1.29, 1.82) is 0 Å². The maximum Gasteiger partial charge on any atom is 0.255 e. The quantitative estimate of drug-likeness (QED) is 0.0928. The minimum atomic E-state index is -2.62. The maximum absolute atomic E-state index is 13.2. The number of nitrogens with zero attached hydrogens (tertiary/aromatic N) is 9. The molecule has 4 aliphatic heterocycles. The highest BCUT2D eigenvalue weighted by Gasteiger charge is 2.39. The average molecular weight is 931 g/mol. The number of rotatable bonds is 15. The van der Waals surface area contributed by atoms with E-state index < -0.39 is 19.1 Å². The van der Waals surface area contributed by atoms with Gasteiger partial charge < -0.3 is 34.5 Å². The number of hydrogen-bond acceptors (Lipinski definition) is 15. The van der Waals surface area contributed by atoms with Crippen LogP contribution in [0.1, 0.15) is 59.8 Å². The van der Waals surface area contributed by atoms with Crippen molar-refractivity contribution < 1.29 is 28.4 Å². The Bertz CT molecular complexity index is 2710. The molecule has 1 atom stereocenters. The third kappa shape index (κ3) is 10.0. The van der Waals surface area contributed by atoms with Gasteiger partial charge in [-0.1, -0.05) is 24.3 Å². The third-order valence-electron chi connectivity index (χ3n) is 13.3. The molecule has 3 saturated heterocycles. The largest absolute Gasteiger partial charge is 0.494 e. The number of carbonyl (C=O) groups is 3. The molecule has 0 bridgehead atoms. The zero-order valence-electron chi connectivity index (χ0n) is 38.8. The minimum Gasteiger partial charge on any atom is -0.494 e. The molecular weight excluding hydrogens is 872 g/mol. The third-order valence-corrected chi connectivity index (χ3v) is 14.8. The number of amides is 3. The van der Waals surface area contributed by atoms with E-state index in [1.165, 1.54) is 11.3 Å². The number of aryl methyl sites for hydroxylation is 2. The molecule has 0 radical (unpaired) electrons. The number of piperidine rings is 2. The SMILES string of the molecule is CCc1cc(Nc2ncc(-n3cc(C)nn3)c(Nc3ccccc3P(C)(C)=O)n2)c(OC)cc1N1CCC(N2CCN(CCOc3ccc4c(c3)CN(C3CCC(=O)NC3=O)C4=O)CC2)CC1. The molecule has 19 heteroatoms. The first-order valence-electron chi connectivity index (χ1n) is 23.1. The highest BCUT2D eigenvalue weighted by Crippen LogP contribution is 2.40. The lowest BCUT2D eigenvalue weighted by Crippen LogP contribution is -2.53. The number of para-hydroxylation sites is 1. The fourth-order valence-corrected chi connectivity index (χ4v) is 10.8. The van der Waals surface area contributed by atoms with Gasteiger partial charge in [-0.15, -0.1) is 5.10 Å². The summed E-state index contributed by atoms with van der Waals surface area (Å²) in [5, 5.41) is 18.4. The topological polar surface area (TPSA) is 192 Å². The van der Waals surface area contributed by atoms with Crippen LogP contribution >= 0.6 is 7.14 Å². The molecule has 352 valence electrons. The van der Waals surface area contributed by atoms with Crippen molar-refractivity contribution in [2.45, 2.75) is 64.6 Å². The number of fused-ring (bicyclic) bond motifs is 1. The fraction of sp³-hybridized carbons (Fsp3) is 0.438. The predicted molar refractivity (Wildman–Crippen MR) is 257 cm³/mol. The second-order valence-electron chi connectivity index (χ2n) is 18.0. The van der Waals surface area contributed by atoms with E-state index in [-0.39, 0.29) is 18.2 Å². The van der Waals surface area contributed by atoms with Gasteiger partial charge in [0.15, 0.2) is 5.82 Å². The summed E-state index contributed by atoms with van der Waals surface area (Å²) in [4.78, 5) is 55.9. The summed E-state index contributed by atoms with van der Waals surface area (Å²) >= 11 is 0. The lowest BCUT2D eigenvalue weighted by molar-refractivity contribution is -0.136. The van der Waals surface area contributed by atoms with Gasteiger partial charge in [0.1, 0.15) is 37.0 Å². The van der Waals surface area contributed by atoms with Gasteiger partial charge in [0, 0.05) is 87.4 Å². The molecule has 0 spiro atoms. The zero-order valence-corrected chi connectivity index (χ0v) is 39.7. The Morgan fingerprint density at radius 1 is 0.910 bits per heavy atom. The molecule has 18 nitrogen and oxygen atoms in total. The zero-order chi connectivity index (χ0) is 46.8. The van der Waals surface area contributed by atoms with Gasteiger partial charge >= 0.3 is 0 Å². The van der Waals surface area contributed by atoms with Crippen LogP contribution in [0.3, 0.4) is 0 Å². The molecule has 2 aromatic heterocycles. The summed E-state index contributed by atoms with van der Waals surface area (Å²) in [5.41, 5.74) is 6.58. The fourth-order valence-electron chi connectivity index (χ4n) is 9.67. The van der Waals surface area contributed by atoms with E-state index in [1.54, 1.807) is 48.5 Å². The van der Waals surface area contributed by atoms with Gasteiger partial charge in [0.2, 0.25) is 17.8 Å². The molecule has 9 rings (SSSR count). The molecular formula is C48H59N12O6P. The van der Waals surface area contributed by atoms with E-state index in [9.17, 15) is 18.9 Å². The molecule has 0 aliphatic carbocycles. The highest BCUT2D eigenvalue weighted by molar-refractivity contribution is 7.70. The van der Waals surface area contributed by atoms with Gasteiger partial charge in [0.25, 0.3) is 5.91 Å². The van der Waals surface area contributed by atoms with Gasteiger partial charge in [-0.3, -0.25) is 29.5 Å². The van der Waals surface area contributed by atoms with E-state index in [2.05, 4.69) is 65.0 Å². The number of carbonyl (C=O) groups excluding carboxylic acids is 3. The number of benzene rings is 3. The first kappa shape index (κ1) is 45.8. The normalized spacial score (nSPS) is 18.5. The van der Waals surface area contributed by atoms with Crippen molar-refractivity contribution in [3.05, 3.63) is 89.4 Å². The van der Waals surface area contributed by atoms with E-state index in [0.717, 1.165) is 87.3 Å². The highest BCUT2D eigenvalue weighted by atomic mass is 31.2. The van der Waals surface area contributed by atoms with Crippen LogP contribution in [-0.4, -0.2) is 142 Å². The minimum absolute atomic E-state index is 0.182. The van der Waals surface area contributed by atoms with Crippen molar-refractivity contribution in [2.24, 2.45) is 0 Å². The summed E-state index contributed by atoms with van der Waals surface area (Å²) in [7, 11) is -0.937. The second kappa shape index (κ2) is 19.5. The number of anilines is 5. The van der Waals surface area contributed by atoms with Crippen LogP contribution < -0.4 is 35.6 Å². The summed E-state index contributed by atoms with van der Waals surface area (Å²) in [6, 6.07) is 17.2. The average Bonchev–Trinajstić information content (AvgIpc) is 3.90. The van der Waals surface area contributed by atoms with Crippen molar-refractivity contribution >= 4 is 59.0 Å². The lowest BCUT2D eigenvalue weighted by Gasteiger charge is -2.43. The predicted octanol–water partition coefficient (Wildman–Crippen LogP) is 5.10. The Morgan fingerprint density at radius 3 is 2.42 bits per heavy atom. The number of imide groups is 1. The maximum atomic E-state index is 13.2. The molecule has 4 aliphatic rings. The van der Waals surface area contributed by atoms with Crippen LogP contribution in [0, 0.1) is 6.92 Å². The lowest BCUT2D eigenvalue weighted by atomic mass is 9.99. The number of piperazine rings is 1. The summed E-state index contributed by atoms with van der Waals surface area (Å²) in [6.07, 6.45) is 7.05. The van der Waals surface area contributed by atoms with Crippen molar-refractivity contribution in [3.63, 3.8) is 0 Å². The second-order valence-corrected chi connectivity index (χ2v) is 21.2. The molecule has 6 heterocycles. The molecule has 3 aromatic carbocycles. The van der Waals surface area contributed by atoms with Crippen LogP contribution in [0.15, 0.2) is 67.0 Å². The van der Waals surface area contributed by atoms with Crippen LogP contribution in [-0.2, 0) is 27.1 Å². The Kier molecular flexibility index (Phi) is 13.3. The van der Waals surface area contributed by atoms with Crippen LogP contribution in [0.4, 0.5) is 28.8 Å². The summed E-state index contributed by atoms with van der Waals surface area (Å²) in [5.74, 6) is 1.35. The van der Waals surface area contributed by atoms with E-state index in [0.29, 0.717) is 65.8 Å². The van der Waals surface area contributed by atoms with Crippen LogP contribution in [0.25, 0.3) is 5.69 Å². The number of nitrogens with one attached hydrogen (secondary N) is 3. The Hall–Kier alpha value is -6.36. The molecule has 3 N–H and O–H groups in total. The van der Waals surface area contributed by atoms with Crippen molar-refractivity contribution in [3.8, 4) is 17.2 Å². The molecule has 1 unspecified atom stereocenters. The van der Waals surface area contributed by atoms with Crippen molar-refractivity contribution in [1.82, 2.24) is 45.0 Å². The molecule has 0 saturated carbocycles. The standard InChI is InChI=1S/C48H59N12O6P/c1-6-32-26-38(51-48-49-28-41(60-29-31(2)54-55-60)45(53-48)50-37-9-7-8-10-43(37)67(4,5)64)42(65-3)27-40(32)58-17-15-34(16-18-58)57-21-19-56(20-22-57)23-24-66-35-11-12-36-33(25-35)30-59(47(36)63)39-13-14-44(61)52-46(39)62/h7-12,25-29,34,39H,6,13-24,30H2,1-5H3,(H,52,61,62)(H2,49,50,51,53). The Labute approximate surface area is 390 Å². The molecule has 5 aromatic rings. The smallest absolute Gasteiger partial charge is 0.255 e. The van der Waals surface area contributed by atoms with E-state index in [4.69, 9.17) is 14.5 Å². The van der Waals surface area contributed by atoms with E-state index >= 15 is 0 Å². The molecule has 3 amide bonds. The first-order chi connectivity index (χ1) is 32.3. The van der Waals surface area contributed by atoms with Crippen LogP contribution in [0.5, 0.6) is 11.5 Å². The number of aromatic nitrogens is 5. The Balaban J connectivity index is 0.785. The number of hydrogen-bond donors (Lipinski definition) is 3.